The number of rotatable bonds is 4. The van der Waals surface area contributed by atoms with E-state index in [1.54, 1.807) is 13.4 Å². The molecular weight excluding hydrogens is 224 g/mol. The van der Waals surface area contributed by atoms with Crippen molar-refractivity contribution >= 4 is 6.08 Å². The van der Waals surface area contributed by atoms with Gasteiger partial charge in [0.05, 0.1) is 13.4 Å². The second kappa shape index (κ2) is 5.92. The molecule has 0 aliphatic heterocycles. The Morgan fingerprint density at radius 2 is 1.44 bits per heavy atom. The summed E-state index contributed by atoms with van der Waals surface area (Å²) in [5.74, 6) is 1.61. The molecule has 0 N–H and O–H groups in total. The zero-order valence-electron chi connectivity index (χ0n) is 10.6. The third kappa shape index (κ3) is 3.39. The quantitative estimate of drug-likeness (QED) is 0.750. The first-order valence-corrected chi connectivity index (χ1v) is 5.82. The summed E-state index contributed by atoms with van der Waals surface area (Å²) in [6.07, 6.45) is 3.62. The smallest absolute Gasteiger partial charge is 0.126 e. The first-order chi connectivity index (χ1) is 8.78. The number of benzene rings is 2. The standard InChI is InChI=1S/C16H16O2/c1-13-3-5-14(6-4-13)11-12-18-16-9-7-15(17-2)8-10-16/h3-12H,1-2H3/b12-11+. The van der Waals surface area contributed by atoms with Crippen molar-refractivity contribution in [2.75, 3.05) is 7.11 Å². The first kappa shape index (κ1) is 12.2. The SMILES string of the molecule is COc1ccc(O/C=C/c2ccc(C)cc2)cc1. The zero-order valence-corrected chi connectivity index (χ0v) is 10.6. The zero-order chi connectivity index (χ0) is 12.8. The highest BCUT2D eigenvalue weighted by atomic mass is 16.5. The summed E-state index contributed by atoms with van der Waals surface area (Å²) in [5.41, 5.74) is 2.37. The van der Waals surface area contributed by atoms with Crippen LogP contribution in [-0.4, -0.2) is 7.11 Å². The summed E-state index contributed by atoms with van der Waals surface area (Å²) in [5, 5.41) is 0. The van der Waals surface area contributed by atoms with E-state index in [0.717, 1.165) is 17.1 Å². The number of methoxy groups -OCH3 is 1. The maximum absolute atomic E-state index is 5.50. The van der Waals surface area contributed by atoms with E-state index in [9.17, 15) is 0 Å². The predicted molar refractivity (Wildman–Crippen MR) is 73.8 cm³/mol. The van der Waals surface area contributed by atoms with Crippen molar-refractivity contribution in [2.24, 2.45) is 0 Å². The van der Waals surface area contributed by atoms with E-state index in [1.165, 1.54) is 5.56 Å². The van der Waals surface area contributed by atoms with Crippen LogP contribution in [0.3, 0.4) is 0 Å². The maximum atomic E-state index is 5.50. The maximum Gasteiger partial charge on any atom is 0.126 e. The molecule has 18 heavy (non-hydrogen) atoms. The lowest BCUT2D eigenvalue weighted by Gasteiger charge is -2.02. The summed E-state index contributed by atoms with van der Waals surface area (Å²) in [6, 6.07) is 15.8. The van der Waals surface area contributed by atoms with Crippen molar-refractivity contribution < 1.29 is 9.47 Å². The van der Waals surface area contributed by atoms with Crippen LogP contribution < -0.4 is 9.47 Å². The minimum absolute atomic E-state index is 0.791. The van der Waals surface area contributed by atoms with Crippen LogP contribution in [0.5, 0.6) is 11.5 Å². The molecule has 0 fully saturated rings. The molecule has 0 heterocycles. The van der Waals surface area contributed by atoms with Crippen molar-refractivity contribution in [3.05, 3.63) is 65.9 Å². The van der Waals surface area contributed by atoms with Crippen molar-refractivity contribution in [1.82, 2.24) is 0 Å². The molecule has 2 heteroatoms. The van der Waals surface area contributed by atoms with Gasteiger partial charge in [-0.15, -0.1) is 0 Å². The lowest BCUT2D eigenvalue weighted by atomic mass is 10.1. The molecule has 0 radical (unpaired) electrons. The molecule has 92 valence electrons. The largest absolute Gasteiger partial charge is 0.497 e. The molecule has 0 aliphatic carbocycles. The normalized spacial score (nSPS) is 10.6. The molecule has 0 aliphatic rings. The third-order valence-electron chi connectivity index (χ3n) is 2.60. The predicted octanol–water partition coefficient (Wildman–Crippen LogP) is 4.05. The fourth-order valence-corrected chi connectivity index (χ4v) is 1.52. The topological polar surface area (TPSA) is 18.5 Å². The van der Waals surface area contributed by atoms with Gasteiger partial charge in [-0.3, -0.25) is 0 Å². The summed E-state index contributed by atoms with van der Waals surface area (Å²) in [6.45, 7) is 2.07. The highest BCUT2D eigenvalue weighted by Gasteiger charge is 1.92. The van der Waals surface area contributed by atoms with Gasteiger partial charge in [-0.25, -0.2) is 0 Å². The van der Waals surface area contributed by atoms with E-state index in [-0.39, 0.29) is 0 Å². The minimum Gasteiger partial charge on any atom is -0.497 e. The number of hydrogen-bond donors (Lipinski definition) is 0. The Kier molecular flexibility index (Phi) is 4.02. The van der Waals surface area contributed by atoms with Crippen LogP contribution in [0.15, 0.2) is 54.8 Å². The van der Waals surface area contributed by atoms with Crippen LogP contribution in [0.1, 0.15) is 11.1 Å². The van der Waals surface area contributed by atoms with Crippen LogP contribution in [0.2, 0.25) is 0 Å². The molecule has 0 unspecified atom stereocenters. The van der Waals surface area contributed by atoms with Crippen LogP contribution in [-0.2, 0) is 0 Å². The molecule has 0 saturated carbocycles. The van der Waals surface area contributed by atoms with Crippen molar-refractivity contribution in [3.8, 4) is 11.5 Å². The number of hydrogen-bond acceptors (Lipinski definition) is 2. The average molecular weight is 240 g/mol. The van der Waals surface area contributed by atoms with Gasteiger partial charge in [0.2, 0.25) is 0 Å². The molecule has 2 rings (SSSR count). The Labute approximate surface area is 107 Å². The van der Waals surface area contributed by atoms with Gasteiger partial charge in [0.25, 0.3) is 0 Å². The summed E-state index contributed by atoms with van der Waals surface area (Å²) >= 11 is 0. The Bertz CT molecular complexity index is 510. The molecule has 0 atom stereocenters. The molecule has 2 aromatic carbocycles. The van der Waals surface area contributed by atoms with E-state index in [4.69, 9.17) is 9.47 Å². The molecule has 0 bridgehead atoms. The number of ether oxygens (including phenoxy) is 2. The van der Waals surface area contributed by atoms with Crippen molar-refractivity contribution in [2.45, 2.75) is 6.92 Å². The molecule has 0 amide bonds. The van der Waals surface area contributed by atoms with E-state index < -0.39 is 0 Å². The van der Waals surface area contributed by atoms with E-state index in [0.29, 0.717) is 0 Å². The fraction of sp³-hybridized carbons (Fsp3) is 0.125. The molecule has 0 spiro atoms. The van der Waals surface area contributed by atoms with Gasteiger partial charge in [-0.05, 0) is 42.8 Å². The van der Waals surface area contributed by atoms with Gasteiger partial charge in [-0.1, -0.05) is 29.8 Å². The van der Waals surface area contributed by atoms with Crippen LogP contribution in [0.25, 0.3) is 6.08 Å². The molecule has 2 nitrogen and oxygen atoms in total. The molecule has 0 aromatic heterocycles. The highest BCUT2D eigenvalue weighted by Crippen LogP contribution is 2.17. The number of aryl methyl sites for hydroxylation is 1. The third-order valence-corrected chi connectivity index (χ3v) is 2.60. The Morgan fingerprint density at radius 1 is 0.833 bits per heavy atom. The van der Waals surface area contributed by atoms with E-state index in [1.807, 2.05) is 30.3 Å². The van der Waals surface area contributed by atoms with Gasteiger partial charge in [0, 0.05) is 0 Å². The second-order valence-corrected chi connectivity index (χ2v) is 4.01. The average Bonchev–Trinajstić information content (AvgIpc) is 2.42. The molecule has 2 aromatic rings. The Hall–Kier alpha value is -2.22. The van der Waals surface area contributed by atoms with E-state index >= 15 is 0 Å². The van der Waals surface area contributed by atoms with Gasteiger partial charge in [0.1, 0.15) is 11.5 Å². The van der Waals surface area contributed by atoms with Crippen LogP contribution in [0, 0.1) is 6.92 Å². The fourth-order valence-electron chi connectivity index (χ4n) is 1.52. The van der Waals surface area contributed by atoms with Gasteiger partial charge in [0.15, 0.2) is 0 Å². The highest BCUT2D eigenvalue weighted by molar-refractivity contribution is 5.49. The summed E-state index contributed by atoms with van der Waals surface area (Å²) < 4.78 is 10.6. The van der Waals surface area contributed by atoms with Crippen molar-refractivity contribution in [1.29, 1.82) is 0 Å². The van der Waals surface area contributed by atoms with Gasteiger partial charge < -0.3 is 9.47 Å². The molecule has 0 saturated heterocycles. The van der Waals surface area contributed by atoms with Crippen LogP contribution >= 0.6 is 0 Å². The summed E-state index contributed by atoms with van der Waals surface area (Å²) in [7, 11) is 1.65. The first-order valence-electron chi connectivity index (χ1n) is 5.82. The van der Waals surface area contributed by atoms with E-state index in [2.05, 4.69) is 31.2 Å². The second-order valence-electron chi connectivity index (χ2n) is 4.01. The van der Waals surface area contributed by atoms with Crippen molar-refractivity contribution in [3.63, 3.8) is 0 Å². The van der Waals surface area contributed by atoms with Gasteiger partial charge >= 0.3 is 0 Å². The summed E-state index contributed by atoms with van der Waals surface area (Å²) in [4.78, 5) is 0. The minimum atomic E-state index is 0.791. The monoisotopic (exact) mass is 240 g/mol. The van der Waals surface area contributed by atoms with Crippen LogP contribution in [0.4, 0.5) is 0 Å². The lowest BCUT2D eigenvalue weighted by molar-refractivity contribution is 0.413. The molecular formula is C16H16O2. The van der Waals surface area contributed by atoms with Gasteiger partial charge in [-0.2, -0.15) is 0 Å². The Morgan fingerprint density at radius 3 is 2.06 bits per heavy atom. The Balaban J connectivity index is 1.95. The lowest BCUT2D eigenvalue weighted by Crippen LogP contribution is -1.84.